The molecule has 0 heterocycles. The lowest BCUT2D eigenvalue weighted by Crippen LogP contribution is -1.88. The number of hydrogen-bond donors (Lipinski definition) is 1. The highest BCUT2D eigenvalue weighted by Crippen LogP contribution is 2.13. The second-order valence-electron chi connectivity index (χ2n) is 5.12. The molecule has 0 radical (unpaired) electrons. The molecule has 3 nitrogen and oxygen atoms in total. The van der Waals surface area contributed by atoms with Crippen LogP contribution in [0.4, 0.5) is 0 Å². The number of allylic oxidation sites excluding steroid dienone is 3. The van der Waals surface area contributed by atoms with Gasteiger partial charge in [-0.1, -0.05) is 36.4 Å². The van der Waals surface area contributed by atoms with Crippen molar-refractivity contribution in [1.29, 1.82) is 0 Å². The molecule has 118 valence electrons. The lowest BCUT2D eigenvalue weighted by Gasteiger charge is -2.01. The van der Waals surface area contributed by atoms with E-state index >= 15 is 0 Å². The number of rotatable bonds is 7. The van der Waals surface area contributed by atoms with Crippen LogP contribution in [0.5, 0.6) is 11.5 Å². The van der Waals surface area contributed by atoms with Crippen molar-refractivity contribution in [3.8, 4) is 11.5 Å². The van der Waals surface area contributed by atoms with Crippen molar-refractivity contribution < 1.29 is 14.6 Å². The van der Waals surface area contributed by atoms with E-state index in [1.165, 1.54) is 11.6 Å². The number of phenolic OH excluding ortho intramolecular Hbond substituents is 1. The number of phenols is 1. The third-order valence-electron chi connectivity index (χ3n) is 3.37. The minimum atomic E-state index is -0.0483. The molecule has 0 saturated carbocycles. The number of aromatic hydroxyl groups is 1. The van der Waals surface area contributed by atoms with Gasteiger partial charge in [0.25, 0.3) is 0 Å². The van der Waals surface area contributed by atoms with E-state index in [0.717, 1.165) is 24.2 Å². The molecule has 23 heavy (non-hydrogen) atoms. The van der Waals surface area contributed by atoms with Crippen LogP contribution in [0.3, 0.4) is 0 Å². The highest BCUT2D eigenvalue weighted by molar-refractivity contribution is 6.01. The molecule has 0 aliphatic rings. The maximum atomic E-state index is 11.7. The fourth-order valence-corrected chi connectivity index (χ4v) is 2.06. The summed E-state index contributed by atoms with van der Waals surface area (Å²) in [4.78, 5) is 11.7. The number of methoxy groups -OCH3 is 1. The largest absolute Gasteiger partial charge is 0.508 e. The van der Waals surface area contributed by atoms with Crippen LogP contribution < -0.4 is 4.74 Å². The minimum absolute atomic E-state index is 0.0483. The molecule has 2 aromatic rings. The first kappa shape index (κ1) is 16.6. The summed E-state index contributed by atoms with van der Waals surface area (Å²) in [5.74, 6) is 1.01. The summed E-state index contributed by atoms with van der Waals surface area (Å²) in [6.07, 6.45) is 8.42. The smallest absolute Gasteiger partial charge is 0.178 e. The van der Waals surface area contributed by atoms with Gasteiger partial charge >= 0.3 is 0 Å². The summed E-state index contributed by atoms with van der Waals surface area (Å²) in [5, 5.41) is 9.19. The predicted octanol–water partition coefficient (Wildman–Crippen LogP) is 4.17. The first-order valence-electron chi connectivity index (χ1n) is 7.48. The Bertz CT molecular complexity index is 680. The van der Waals surface area contributed by atoms with Crippen LogP contribution in [-0.2, 0) is 11.2 Å². The summed E-state index contributed by atoms with van der Waals surface area (Å²) < 4.78 is 5.12. The maximum Gasteiger partial charge on any atom is 0.178 e. The zero-order chi connectivity index (χ0) is 16.5. The van der Waals surface area contributed by atoms with Gasteiger partial charge in [-0.25, -0.2) is 0 Å². The van der Waals surface area contributed by atoms with Crippen molar-refractivity contribution in [3.63, 3.8) is 0 Å². The van der Waals surface area contributed by atoms with Crippen LogP contribution in [0, 0.1) is 0 Å². The Balaban J connectivity index is 1.78. The molecule has 0 spiro atoms. The number of ether oxygens (including phenoxy) is 1. The zero-order valence-electron chi connectivity index (χ0n) is 13.1. The lowest BCUT2D eigenvalue weighted by atomic mass is 10.1. The average Bonchev–Trinajstić information content (AvgIpc) is 2.59. The molecule has 2 rings (SSSR count). The summed E-state index contributed by atoms with van der Waals surface area (Å²) >= 11 is 0. The van der Waals surface area contributed by atoms with E-state index in [1.807, 2.05) is 30.3 Å². The highest BCUT2D eigenvalue weighted by Gasteiger charge is 1.94. The third-order valence-corrected chi connectivity index (χ3v) is 3.37. The van der Waals surface area contributed by atoms with E-state index < -0.39 is 0 Å². The van der Waals surface area contributed by atoms with E-state index in [4.69, 9.17) is 4.74 Å². The fraction of sp³-hybridized carbons (Fsp3) is 0.150. The van der Waals surface area contributed by atoms with E-state index in [9.17, 15) is 9.90 Å². The second-order valence-corrected chi connectivity index (χ2v) is 5.12. The van der Waals surface area contributed by atoms with Gasteiger partial charge in [0.1, 0.15) is 11.5 Å². The summed E-state index contributed by atoms with van der Waals surface area (Å²) in [7, 11) is 1.65. The number of ketones is 1. The molecule has 0 aliphatic heterocycles. The Morgan fingerprint density at radius 1 is 1.04 bits per heavy atom. The number of benzene rings is 2. The van der Waals surface area contributed by atoms with Gasteiger partial charge in [0.05, 0.1) is 7.11 Å². The standard InChI is InChI=1S/C20H20O3/c1-23-20-14-9-16(10-15-20)4-2-3-5-18(21)11-6-17-7-12-19(22)13-8-17/h3,5-15,22H,2,4H2,1H3. The molecular weight excluding hydrogens is 288 g/mol. The van der Waals surface area contributed by atoms with E-state index in [-0.39, 0.29) is 11.5 Å². The number of carbonyl (C=O) groups excluding carboxylic acids is 1. The molecule has 2 aromatic carbocycles. The molecule has 0 unspecified atom stereocenters. The average molecular weight is 308 g/mol. The summed E-state index contributed by atoms with van der Waals surface area (Å²) in [6.45, 7) is 0. The molecule has 0 aromatic heterocycles. The Hall–Kier alpha value is -2.81. The van der Waals surface area contributed by atoms with Gasteiger partial charge in [-0.15, -0.1) is 0 Å². The van der Waals surface area contributed by atoms with Gasteiger partial charge < -0.3 is 9.84 Å². The van der Waals surface area contributed by atoms with Crippen molar-refractivity contribution in [2.75, 3.05) is 7.11 Å². The van der Waals surface area contributed by atoms with Gasteiger partial charge in [0, 0.05) is 0 Å². The van der Waals surface area contributed by atoms with Gasteiger partial charge in [-0.05, 0) is 60.4 Å². The third kappa shape index (κ3) is 5.83. The molecule has 1 N–H and O–H groups in total. The molecule has 3 heteroatoms. The van der Waals surface area contributed by atoms with Gasteiger partial charge in [-0.2, -0.15) is 0 Å². The van der Waals surface area contributed by atoms with Crippen LogP contribution in [0.15, 0.2) is 66.8 Å². The van der Waals surface area contributed by atoms with E-state index in [0.29, 0.717) is 0 Å². The van der Waals surface area contributed by atoms with Crippen LogP contribution in [0.25, 0.3) is 6.08 Å². The van der Waals surface area contributed by atoms with Crippen molar-refractivity contribution in [2.24, 2.45) is 0 Å². The molecule has 0 fully saturated rings. The minimum Gasteiger partial charge on any atom is -0.508 e. The first-order chi connectivity index (χ1) is 11.2. The fourth-order valence-electron chi connectivity index (χ4n) is 2.06. The van der Waals surface area contributed by atoms with Crippen molar-refractivity contribution in [1.82, 2.24) is 0 Å². The zero-order valence-corrected chi connectivity index (χ0v) is 13.1. The SMILES string of the molecule is COc1ccc(CCC=CC(=O)C=Cc2ccc(O)cc2)cc1. The van der Waals surface area contributed by atoms with Crippen LogP contribution >= 0.6 is 0 Å². The number of hydrogen-bond acceptors (Lipinski definition) is 3. The second kappa shape index (κ2) is 8.59. The van der Waals surface area contributed by atoms with Gasteiger partial charge in [-0.3, -0.25) is 4.79 Å². The molecule has 0 aliphatic carbocycles. The van der Waals surface area contributed by atoms with Crippen LogP contribution in [0.1, 0.15) is 17.5 Å². The Morgan fingerprint density at radius 3 is 2.39 bits per heavy atom. The lowest BCUT2D eigenvalue weighted by molar-refractivity contribution is -0.110. The maximum absolute atomic E-state index is 11.7. The van der Waals surface area contributed by atoms with Crippen molar-refractivity contribution >= 4 is 11.9 Å². The molecular formula is C20H20O3. The van der Waals surface area contributed by atoms with Crippen LogP contribution in [0.2, 0.25) is 0 Å². The first-order valence-corrected chi connectivity index (χ1v) is 7.48. The Labute approximate surface area is 136 Å². The monoisotopic (exact) mass is 308 g/mol. The predicted molar refractivity (Wildman–Crippen MR) is 92.6 cm³/mol. The van der Waals surface area contributed by atoms with E-state index in [1.54, 1.807) is 43.5 Å². The van der Waals surface area contributed by atoms with Crippen molar-refractivity contribution in [2.45, 2.75) is 12.8 Å². The Kier molecular flexibility index (Phi) is 6.18. The van der Waals surface area contributed by atoms with E-state index in [2.05, 4.69) is 0 Å². The highest BCUT2D eigenvalue weighted by atomic mass is 16.5. The Morgan fingerprint density at radius 2 is 1.74 bits per heavy atom. The molecule has 0 atom stereocenters. The molecule has 0 amide bonds. The van der Waals surface area contributed by atoms with Gasteiger partial charge in [0.15, 0.2) is 5.78 Å². The number of aryl methyl sites for hydroxylation is 1. The normalized spacial score (nSPS) is 11.2. The summed E-state index contributed by atoms with van der Waals surface area (Å²) in [6, 6.07) is 14.6. The van der Waals surface area contributed by atoms with Gasteiger partial charge in [0.2, 0.25) is 0 Å². The quantitative estimate of drug-likeness (QED) is 0.781. The van der Waals surface area contributed by atoms with Crippen molar-refractivity contribution in [3.05, 3.63) is 77.9 Å². The summed E-state index contributed by atoms with van der Waals surface area (Å²) in [5.41, 5.74) is 2.09. The molecule has 0 bridgehead atoms. The number of carbonyl (C=O) groups is 1. The topological polar surface area (TPSA) is 46.5 Å². The van der Waals surface area contributed by atoms with Crippen LogP contribution in [-0.4, -0.2) is 18.0 Å². The molecule has 0 saturated heterocycles.